The Bertz CT molecular complexity index is 487. The van der Waals surface area contributed by atoms with Crippen molar-refractivity contribution < 1.29 is 15.0 Å². The molecule has 2 atom stereocenters. The monoisotopic (exact) mass is 277 g/mol. The Morgan fingerprint density at radius 3 is 2.60 bits per heavy atom. The van der Waals surface area contributed by atoms with E-state index < -0.39 is 0 Å². The molecule has 2 N–H and O–H groups in total. The van der Waals surface area contributed by atoms with Crippen LogP contribution in [0.3, 0.4) is 0 Å². The van der Waals surface area contributed by atoms with Crippen LogP contribution in [0.25, 0.3) is 0 Å². The van der Waals surface area contributed by atoms with Crippen molar-refractivity contribution in [2.45, 2.75) is 45.1 Å². The average molecular weight is 277 g/mol. The minimum absolute atomic E-state index is 0.0375. The molecule has 0 bridgehead atoms. The molecule has 0 aromatic heterocycles. The highest BCUT2D eigenvalue weighted by Gasteiger charge is 2.28. The van der Waals surface area contributed by atoms with E-state index in [4.69, 9.17) is 0 Å². The zero-order chi connectivity index (χ0) is 14.7. The Balaban J connectivity index is 2.18. The van der Waals surface area contributed by atoms with Gasteiger partial charge in [-0.25, -0.2) is 0 Å². The topological polar surface area (TPSA) is 60.8 Å². The Morgan fingerprint density at radius 2 is 1.90 bits per heavy atom. The number of hydrogen-bond acceptors (Lipinski definition) is 3. The molecular weight excluding hydrogens is 254 g/mol. The summed E-state index contributed by atoms with van der Waals surface area (Å²) in [6, 6.07) is 4.33. The van der Waals surface area contributed by atoms with Gasteiger partial charge in [-0.15, -0.1) is 0 Å². The Hall–Kier alpha value is -1.71. The van der Waals surface area contributed by atoms with E-state index in [1.165, 1.54) is 31.0 Å². The van der Waals surface area contributed by atoms with E-state index in [1.54, 1.807) is 11.9 Å². The van der Waals surface area contributed by atoms with Gasteiger partial charge in [0.1, 0.15) is 11.5 Å². The average Bonchev–Trinajstić information content (AvgIpc) is 2.62. The standard InChI is InChI=1S/C16H23NO3/c1-11-6-4-3-5-7-14(11)17(2)16(20)13-9-8-12(18)10-15(13)19/h8-11,14,18-19H,3-7H2,1-2H3/t11-,14?/m0/s1. The van der Waals surface area contributed by atoms with Crippen LogP contribution < -0.4 is 0 Å². The van der Waals surface area contributed by atoms with Crippen molar-refractivity contribution in [1.29, 1.82) is 0 Å². The molecule has 0 heterocycles. The molecule has 0 spiro atoms. The first-order chi connectivity index (χ1) is 9.50. The Morgan fingerprint density at radius 1 is 1.20 bits per heavy atom. The number of phenols is 2. The molecule has 2 rings (SSSR count). The summed E-state index contributed by atoms with van der Waals surface area (Å²) < 4.78 is 0. The van der Waals surface area contributed by atoms with E-state index >= 15 is 0 Å². The summed E-state index contributed by atoms with van der Waals surface area (Å²) in [7, 11) is 1.81. The fraction of sp³-hybridized carbons (Fsp3) is 0.562. The van der Waals surface area contributed by atoms with Crippen LogP contribution >= 0.6 is 0 Å². The SMILES string of the molecule is C[C@H]1CCCCCC1N(C)C(=O)c1ccc(O)cc1O. The third kappa shape index (κ3) is 3.06. The van der Waals surface area contributed by atoms with Gasteiger partial charge < -0.3 is 15.1 Å². The summed E-state index contributed by atoms with van der Waals surface area (Å²) in [4.78, 5) is 14.3. The van der Waals surface area contributed by atoms with Crippen LogP contribution in [-0.2, 0) is 0 Å². The summed E-state index contributed by atoms with van der Waals surface area (Å²) in [5, 5.41) is 19.1. The lowest BCUT2D eigenvalue weighted by molar-refractivity contribution is 0.0668. The van der Waals surface area contributed by atoms with Crippen LogP contribution in [0.4, 0.5) is 0 Å². The van der Waals surface area contributed by atoms with E-state index in [0.29, 0.717) is 5.92 Å². The maximum absolute atomic E-state index is 12.5. The van der Waals surface area contributed by atoms with Crippen molar-refractivity contribution >= 4 is 5.91 Å². The van der Waals surface area contributed by atoms with Crippen LogP contribution in [0.5, 0.6) is 11.5 Å². The van der Waals surface area contributed by atoms with Crippen molar-refractivity contribution in [2.24, 2.45) is 5.92 Å². The van der Waals surface area contributed by atoms with E-state index in [0.717, 1.165) is 19.3 Å². The Labute approximate surface area is 120 Å². The van der Waals surface area contributed by atoms with Crippen LogP contribution in [0.15, 0.2) is 18.2 Å². The lowest BCUT2D eigenvalue weighted by Crippen LogP contribution is -2.40. The molecule has 1 fully saturated rings. The number of amides is 1. The quantitative estimate of drug-likeness (QED) is 0.816. The lowest BCUT2D eigenvalue weighted by Gasteiger charge is -2.32. The third-order valence-electron chi connectivity index (χ3n) is 4.35. The first-order valence-corrected chi connectivity index (χ1v) is 7.30. The van der Waals surface area contributed by atoms with Crippen molar-refractivity contribution in [3.8, 4) is 11.5 Å². The highest BCUT2D eigenvalue weighted by Crippen LogP contribution is 2.29. The zero-order valence-corrected chi connectivity index (χ0v) is 12.2. The number of nitrogens with zero attached hydrogens (tertiary/aromatic N) is 1. The molecule has 1 aromatic carbocycles. The predicted molar refractivity (Wildman–Crippen MR) is 77.9 cm³/mol. The van der Waals surface area contributed by atoms with Crippen molar-refractivity contribution in [1.82, 2.24) is 4.90 Å². The summed E-state index contributed by atoms with van der Waals surface area (Å²) in [6.45, 7) is 2.19. The minimum Gasteiger partial charge on any atom is -0.508 e. The van der Waals surface area contributed by atoms with Crippen molar-refractivity contribution in [3.63, 3.8) is 0 Å². The summed E-state index contributed by atoms with van der Waals surface area (Å²) >= 11 is 0. The Kier molecular flexibility index (Phi) is 4.53. The molecule has 1 saturated carbocycles. The molecule has 1 unspecified atom stereocenters. The van der Waals surface area contributed by atoms with Gasteiger partial charge in [0.15, 0.2) is 0 Å². The van der Waals surface area contributed by atoms with Crippen LogP contribution in [0.2, 0.25) is 0 Å². The number of carbonyl (C=O) groups is 1. The molecule has 110 valence electrons. The lowest BCUT2D eigenvalue weighted by atomic mass is 9.95. The second-order valence-electron chi connectivity index (χ2n) is 5.80. The maximum atomic E-state index is 12.5. The largest absolute Gasteiger partial charge is 0.508 e. The number of hydrogen-bond donors (Lipinski definition) is 2. The molecule has 4 nitrogen and oxygen atoms in total. The molecule has 20 heavy (non-hydrogen) atoms. The molecule has 0 aliphatic heterocycles. The van der Waals surface area contributed by atoms with E-state index in [-0.39, 0.29) is 29.0 Å². The highest BCUT2D eigenvalue weighted by molar-refractivity contribution is 5.97. The van der Waals surface area contributed by atoms with Gasteiger partial charge in [0.05, 0.1) is 5.56 Å². The number of rotatable bonds is 2. The van der Waals surface area contributed by atoms with Gasteiger partial charge in [-0.2, -0.15) is 0 Å². The van der Waals surface area contributed by atoms with Gasteiger partial charge >= 0.3 is 0 Å². The molecule has 1 aliphatic carbocycles. The second kappa shape index (κ2) is 6.16. The zero-order valence-electron chi connectivity index (χ0n) is 12.2. The first-order valence-electron chi connectivity index (χ1n) is 7.30. The first kappa shape index (κ1) is 14.7. The van der Waals surface area contributed by atoms with Crippen LogP contribution in [0, 0.1) is 5.92 Å². The van der Waals surface area contributed by atoms with Gasteiger partial charge in [0, 0.05) is 19.2 Å². The smallest absolute Gasteiger partial charge is 0.257 e. The third-order valence-corrected chi connectivity index (χ3v) is 4.35. The number of carbonyl (C=O) groups excluding carboxylic acids is 1. The summed E-state index contributed by atoms with van der Waals surface area (Å²) in [5.41, 5.74) is 0.252. The van der Waals surface area contributed by atoms with Gasteiger partial charge in [-0.05, 0) is 30.9 Å². The number of benzene rings is 1. The minimum atomic E-state index is -0.179. The van der Waals surface area contributed by atoms with Gasteiger partial charge in [-0.1, -0.05) is 26.2 Å². The number of phenolic OH excluding ortho intramolecular Hbond substituents is 2. The molecule has 1 aromatic rings. The molecule has 1 amide bonds. The number of aromatic hydroxyl groups is 2. The van der Waals surface area contributed by atoms with Crippen LogP contribution in [0.1, 0.15) is 49.4 Å². The highest BCUT2D eigenvalue weighted by atomic mass is 16.3. The normalized spacial score (nSPS) is 23.1. The maximum Gasteiger partial charge on any atom is 0.257 e. The molecule has 1 aliphatic rings. The van der Waals surface area contributed by atoms with Crippen LogP contribution in [-0.4, -0.2) is 34.1 Å². The van der Waals surface area contributed by atoms with Gasteiger partial charge in [-0.3, -0.25) is 4.79 Å². The predicted octanol–water partition coefficient (Wildman–Crippen LogP) is 3.14. The van der Waals surface area contributed by atoms with E-state index in [1.807, 2.05) is 0 Å². The fourth-order valence-corrected chi connectivity index (χ4v) is 3.09. The summed E-state index contributed by atoms with van der Waals surface area (Å²) in [5.74, 6) is 0.0969. The summed E-state index contributed by atoms with van der Waals surface area (Å²) in [6.07, 6.45) is 5.76. The second-order valence-corrected chi connectivity index (χ2v) is 5.80. The molecule has 0 saturated heterocycles. The molecular formula is C16H23NO3. The molecule has 4 heteroatoms. The van der Waals surface area contributed by atoms with Gasteiger partial charge in [0.25, 0.3) is 5.91 Å². The van der Waals surface area contributed by atoms with Crippen molar-refractivity contribution in [2.75, 3.05) is 7.05 Å². The fourth-order valence-electron chi connectivity index (χ4n) is 3.09. The van der Waals surface area contributed by atoms with E-state index in [9.17, 15) is 15.0 Å². The van der Waals surface area contributed by atoms with E-state index in [2.05, 4.69) is 6.92 Å². The van der Waals surface area contributed by atoms with Gasteiger partial charge in [0.2, 0.25) is 0 Å². The van der Waals surface area contributed by atoms with Crippen molar-refractivity contribution in [3.05, 3.63) is 23.8 Å². The molecule has 0 radical (unpaired) electrons.